The molecule has 1 aromatic heterocycles. The average Bonchev–Trinajstić information content (AvgIpc) is 2.31. The number of anilines is 1. The van der Waals surface area contributed by atoms with Crippen molar-refractivity contribution in [1.29, 1.82) is 5.26 Å². The smallest absolute Gasteiger partial charge is 0.167 e. The van der Waals surface area contributed by atoms with E-state index in [0.29, 0.717) is 24.3 Å². The zero-order valence-electron chi connectivity index (χ0n) is 10.7. The topological polar surface area (TPSA) is 81.8 Å². The Bertz CT molecular complexity index is 449. The van der Waals surface area contributed by atoms with Crippen molar-refractivity contribution in [2.75, 3.05) is 11.9 Å². The van der Waals surface area contributed by atoms with Gasteiger partial charge < -0.3 is 10.4 Å². The third-order valence-electron chi connectivity index (χ3n) is 2.96. The van der Waals surface area contributed by atoms with Crippen molar-refractivity contribution in [2.24, 2.45) is 0 Å². The third-order valence-corrected chi connectivity index (χ3v) is 2.96. The van der Waals surface area contributed by atoms with Gasteiger partial charge in [-0.3, -0.25) is 0 Å². The second-order valence-corrected chi connectivity index (χ2v) is 4.45. The minimum atomic E-state index is -0.812. The summed E-state index contributed by atoms with van der Waals surface area (Å²) in [6.45, 7) is 7.63. The molecule has 0 saturated carbocycles. The van der Waals surface area contributed by atoms with Crippen molar-refractivity contribution in [3.63, 3.8) is 0 Å². The number of nitrogens with one attached hydrogen (secondary N) is 1. The molecule has 0 fully saturated rings. The molecular formula is C12H18N4O. The van der Waals surface area contributed by atoms with E-state index in [9.17, 15) is 5.11 Å². The Kier molecular flexibility index (Phi) is 4.02. The van der Waals surface area contributed by atoms with Gasteiger partial charge in [-0.2, -0.15) is 10.4 Å². The van der Waals surface area contributed by atoms with E-state index in [-0.39, 0.29) is 0 Å². The van der Waals surface area contributed by atoms with Gasteiger partial charge in [-0.15, -0.1) is 5.10 Å². The van der Waals surface area contributed by atoms with Crippen molar-refractivity contribution >= 4 is 5.82 Å². The molecule has 2 N–H and O–H groups in total. The lowest BCUT2D eigenvalue weighted by atomic mass is 10.0. The second kappa shape index (κ2) is 5.11. The SMILES string of the molecule is CCC(C)(O)CNc1nnc(C)c(C)c1C#N. The monoisotopic (exact) mass is 234 g/mol. The highest BCUT2D eigenvalue weighted by molar-refractivity contribution is 5.55. The number of aliphatic hydroxyl groups is 1. The number of nitriles is 1. The Hall–Kier alpha value is -1.67. The molecule has 1 unspecified atom stereocenters. The van der Waals surface area contributed by atoms with Crippen molar-refractivity contribution in [3.05, 3.63) is 16.8 Å². The van der Waals surface area contributed by atoms with Crippen molar-refractivity contribution in [2.45, 2.75) is 39.7 Å². The number of aromatic nitrogens is 2. The molecule has 92 valence electrons. The van der Waals surface area contributed by atoms with Crippen LogP contribution in [0.15, 0.2) is 0 Å². The van der Waals surface area contributed by atoms with Gasteiger partial charge in [-0.05, 0) is 32.8 Å². The Morgan fingerprint density at radius 2 is 2.06 bits per heavy atom. The number of nitrogens with zero attached hydrogens (tertiary/aromatic N) is 3. The van der Waals surface area contributed by atoms with Gasteiger partial charge in [0.1, 0.15) is 11.6 Å². The molecule has 0 radical (unpaired) electrons. The van der Waals surface area contributed by atoms with Crippen LogP contribution < -0.4 is 5.32 Å². The summed E-state index contributed by atoms with van der Waals surface area (Å²) in [7, 11) is 0. The summed E-state index contributed by atoms with van der Waals surface area (Å²) in [5, 5.41) is 29.9. The van der Waals surface area contributed by atoms with Crippen LogP contribution in [0.4, 0.5) is 5.82 Å². The Labute approximate surface area is 101 Å². The van der Waals surface area contributed by atoms with Gasteiger partial charge in [0.05, 0.1) is 11.3 Å². The molecule has 0 aliphatic carbocycles. The Morgan fingerprint density at radius 3 is 2.59 bits per heavy atom. The maximum atomic E-state index is 9.88. The van der Waals surface area contributed by atoms with Gasteiger partial charge in [0.15, 0.2) is 5.82 Å². The summed E-state index contributed by atoms with van der Waals surface area (Å²) in [6.07, 6.45) is 0.625. The van der Waals surface area contributed by atoms with Gasteiger partial charge in [-0.25, -0.2) is 0 Å². The van der Waals surface area contributed by atoms with E-state index in [1.807, 2.05) is 20.8 Å². The highest BCUT2D eigenvalue weighted by Crippen LogP contribution is 2.18. The summed E-state index contributed by atoms with van der Waals surface area (Å²) in [5.74, 6) is 0.435. The summed E-state index contributed by atoms with van der Waals surface area (Å²) >= 11 is 0. The van der Waals surface area contributed by atoms with Gasteiger partial charge in [0.2, 0.25) is 0 Å². The lowest BCUT2D eigenvalue weighted by molar-refractivity contribution is 0.0696. The van der Waals surface area contributed by atoms with Crippen molar-refractivity contribution in [1.82, 2.24) is 10.2 Å². The van der Waals surface area contributed by atoms with Crippen LogP contribution in [0.5, 0.6) is 0 Å². The third kappa shape index (κ3) is 3.14. The molecule has 1 heterocycles. The first kappa shape index (κ1) is 13.4. The first-order chi connectivity index (χ1) is 7.91. The zero-order chi connectivity index (χ0) is 13.1. The zero-order valence-corrected chi connectivity index (χ0v) is 10.7. The lowest BCUT2D eigenvalue weighted by Crippen LogP contribution is -2.33. The molecular weight excluding hydrogens is 216 g/mol. The van der Waals surface area contributed by atoms with E-state index in [2.05, 4.69) is 21.6 Å². The van der Waals surface area contributed by atoms with Crippen LogP contribution >= 0.6 is 0 Å². The summed E-state index contributed by atoms with van der Waals surface area (Å²) in [5.41, 5.74) is 1.24. The summed E-state index contributed by atoms with van der Waals surface area (Å²) in [4.78, 5) is 0. The predicted molar refractivity (Wildman–Crippen MR) is 65.6 cm³/mol. The van der Waals surface area contributed by atoms with E-state index >= 15 is 0 Å². The molecule has 0 saturated heterocycles. The van der Waals surface area contributed by atoms with Gasteiger partial charge in [-0.1, -0.05) is 6.92 Å². The highest BCUT2D eigenvalue weighted by Gasteiger charge is 2.19. The molecule has 5 heteroatoms. The maximum absolute atomic E-state index is 9.88. The molecule has 0 aromatic carbocycles. The van der Waals surface area contributed by atoms with Gasteiger partial charge in [0, 0.05) is 6.54 Å². The van der Waals surface area contributed by atoms with Gasteiger partial charge in [0.25, 0.3) is 0 Å². The van der Waals surface area contributed by atoms with E-state index in [0.717, 1.165) is 11.3 Å². The molecule has 1 rings (SSSR count). The minimum Gasteiger partial charge on any atom is -0.388 e. The largest absolute Gasteiger partial charge is 0.388 e. The number of hydrogen-bond donors (Lipinski definition) is 2. The van der Waals surface area contributed by atoms with Crippen LogP contribution in [0.1, 0.15) is 37.1 Å². The predicted octanol–water partition coefficient (Wildman–Crippen LogP) is 1.54. The van der Waals surface area contributed by atoms with Crippen LogP contribution in [-0.4, -0.2) is 27.4 Å². The van der Waals surface area contributed by atoms with Crippen LogP contribution in [0.2, 0.25) is 0 Å². The molecule has 1 atom stereocenters. The summed E-state index contributed by atoms with van der Waals surface area (Å²) < 4.78 is 0. The molecule has 0 aliphatic rings. The molecule has 0 amide bonds. The standard InChI is InChI=1S/C12H18N4O/c1-5-12(4,17)7-14-11-10(6-13)8(2)9(3)15-16-11/h17H,5,7H2,1-4H3,(H,14,16). The minimum absolute atomic E-state index is 0.343. The van der Waals surface area contributed by atoms with Crippen molar-refractivity contribution < 1.29 is 5.11 Å². The number of hydrogen-bond acceptors (Lipinski definition) is 5. The number of aryl methyl sites for hydroxylation is 1. The lowest BCUT2D eigenvalue weighted by Gasteiger charge is -2.22. The fraction of sp³-hybridized carbons (Fsp3) is 0.583. The first-order valence-corrected chi connectivity index (χ1v) is 5.61. The fourth-order valence-electron chi connectivity index (χ4n) is 1.27. The van der Waals surface area contributed by atoms with E-state index in [4.69, 9.17) is 5.26 Å². The van der Waals surface area contributed by atoms with Crippen LogP contribution in [0.25, 0.3) is 0 Å². The molecule has 1 aromatic rings. The van der Waals surface area contributed by atoms with E-state index in [1.54, 1.807) is 6.92 Å². The summed E-state index contributed by atoms with van der Waals surface area (Å²) in [6, 6.07) is 2.11. The first-order valence-electron chi connectivity index (χ1n) is 5.61. The van der Waals surface area contributed by atoms with E-state index < -0.39 is 5.60 Å². The molecule has 0 bridgehead atoms. The van der Waals surface area contributed by atoms with Gasteiger partial charge >= 0.3 is 0 Å². The van der Waals surface area contributed by atoms with Crippen molar-refractivity contribution in [3.8, 4) is 6.07 Å². The normalized spacial score (nSPS) is 13.9. The molecule has 5 nitrogen and oxygen atoms in total. The van der Waals surface area contributed by atoms with Crippen LogP contribution in [-0.2, 0) is 0 Å². The van der Waals surface area contributed by atoms with Crippen LogP contribution in [0.3, 0.4) is 0 Å². The fourth-order valence-corrected chi connectivity index (χ4v) is 1.27. The molecule has 0 aliphatic heterocycles. The molecule has 17 heavy (non-hydrogen) atoms. The Morgan fingerprint density at radius 1 is 1.41 bits per heavy atom. The Balaban J connectivity index is 2.94. The number of rotatable bonds is 4. The highest BCUT2D eigenvalue weighted by atomic mass is 16.3. The maximum Gasteiger partial charge on any atom is 0.167 e. The average molecular weight is 234 g/mol. The van der Waals surface area contributed by atoms with Crippen LogP contribution in [0, 0.1) is 25.2 Å². The van der Waals surface area contributed by atoms with E-state index in [1.165, 1.54) is 0 Å². The molecule has 0 spiro atoms. The quantitative estimate of drug-likeness (QED) is 0.825. The second-order valence-electron chi connectivity index (χ2n) is 4.45.